The molecule has 0 radical (unpaired) electrons. The maximum atomic E-state index is 12.5. The van der Waals surface area contributed by atoms with Crippen LogP contribution in [0.1, 0.15) is 142 Å². The zero-order valence-electron chi connectivity index (χ0n) is 32.3. The Labute approximate surface area is 305 Å². The molecule has 290 valence electrons. The molecule has 0 aromatic carbocycles. The highest BCUT2D eigenvalue weighted by molar-refractivity contribution is 7.45. The molecule has 50 heavy (non-hydrogen) atoms. The monoisotopic (exact) mass is 725 g/mol. The fourth-order valence-electron chi connectivity index (χ4n) is 4.75. The third kappa shape index (κ3) is 35.8. The summed E-state index contributed by atoms with van der Waals surface area (Å²) in [5, 5.41) is 0. The number of nitrogens with zero attached hydrogens (tertiary/aromatic N) is 1. The van der Waals surface area contributed by atoms with Gasteiger partial charge in [-0.3, -0.25) is 14.2 Å². The van der Waals surface area contributed by atoms with Crippen molar-refractivity contribution in [1.29, 1.82) is 0 Å². The van der Waals surface area contributed by atoms with Gasteiger partial charge in [0.15, 0.2) is 6.10 Å². The van der Waals surface area contributed by atoms with Gasteiger partial charge in [-0.25, -0.2) is 0 Å². The van der Waals surface area contributed by atoms with Crippen molar-refractivity contribution >= 4 is 19.8 Å². The van der Waals surface area contributed by atoms with Crippen LogP contribution >= 0.6 is 7.82 Å². The summed E-state index contributed by atoms with van der Waals surface area (Å²) < 4.78 is 33.6. The number of carbonyl (C=O) groups is 2. The number of hydrogen-bond donors (Lipinski definition) is 0. The van der Waals surface area contributed by atoms with E-state index >= 15 is 0 Å². The number of quaternary nitrogens is 1. The maximum Gasteiger partial charge on any atom is 0.306 e. The minimum Gasteiger partial charge on any atom is -0.756 e. The number of likely N-dealkylation sites (N-methyl/N-ethyl adjacent to an activating group) is 1. The summed E-state index contributed by atoms with van der Waals surface area (Å²) in [6.07, 6.45) is 35.9. The number of carbonyl (C=O) groups excluding carboxylic acids is 2. The summed E-state index contributed by atoms with van der Waals surface area (Å²) in [6, 6.07) is 0. The van der Waals surface area contributed by atoms with E-state index in [-0.39, 0.29) is 26.1 Å². The number of rotatable bonds is 34. The standard InChI is InChI=1S/C40H72NO8P/c1-6-8-10-12-14-15-16-17-18-19-20-21-22-23-24-25-27-28-30-32-39(42)46-36-38(37-48-50(44,45)47-35-34-41(3,4)5)49-40(43)33-31-29-26-13-11-9-7-2/h14-15,17-18,20-21,23-24,38H,6-13,16,19,22,25-37H2,1-5H3/b15-14+,18-17+,21-20+,24-23+/t38-/m0/s1. The van der Waals surface area contributed by atoms with E-state index in [1.165, 1.54) is 44.9 Å². The van der Waals surface area contributed by atoms with Crippen molar-refractivity contribution in [3.8, 4) is 0 Å². The van der Waals surface area contributed by atoms with Crippen molar-refractivity contribution in [2.45, 2.75) is 148 Å². The van der Waals surface area contributed by atoms with Crippen LogP contribution in [-0.4, -0.2) is 70.0 Å². The van der Waals surface area contributed by atoms with Gasteiger partial charge < -0.3 is 27.9 Å². The number of phosphoric ester groups is 1. The third-order valence-electron chi connectivity index (χ3n) is 7.85. The van der Waals surface area contributed by atoms with Crippen LogP contribution < -0.4 is 4.89 Å². The molecule has 0 bridgehead atoms. The highest BCUT2D eigenvalue weighted by atomic mass is 31.2. The molecular weight excluding hydrogens is 653 g/mol. The van der Waals surface area contributed by atoms with Crippen molar-refractivity contribution in [2.24, 2.45) is 0 Å². The summed E-state index contributed by atoms with van der Waals surface area (Å²) in [7, 11) is 1.14. The minimum atomic E-state index is -4.62. The molecule has 0 fully saturated rings. The molecule has 0 saturated carbocycles. The van der Waals surface area contributed by atoms with Crippen LogP contribution in [0.15, 0.2) is 48.6 Å². The van der Waals surface area contributed by atoms with Gasteiger partial charge in [-0.15, -0.1) is 0 Å². The van der Waals surface area contributed by atoms with Gasteiger partial charge in [0.05, 0.1) is 27.7 Å². The molecule has 1 unspecified atom stereocenters. The Kier molecular flexibility index (Phi) is 31.5. The minimum absolute atomic E-state index is 0.0373. The average molecular weight is 726 g/mol. The molecule has 0 aromatic rings. The smallest absolute Gasteiger partial charge is 0.306 e. The van der Waals surface area contributed by atoms with Crippen LogP contribution in [0.3, 0.4) is 0 Å². The first kappa shape index (κ1) is 48.0. The Balaban J connectivity index is 4.38. The van der Waals surface area contributed by atoms with E-state index in [1.54, 1.807) is 0 Å². The van der Waals surface area contributed by atoms with Crippen molar-refractivity contribution in [1.82, 2.24) is 0 Å². The summed E-state index contributed by atoms with van der Waals surface area (Å²) in [5.41, 5.74) is 0. The van der Waals surface area contributed by atoms with E-state index in [0.29, 0.717) is 23.9 Å². The predicted molar refractivity (Wildman–Crippen MR) is 203 cm³/mol. The second-order valence-corrected chi connectivity index (χ2v) is 15.4. The van der Waals surface area contributed by atoms with Gasteiger partial charge in [-0.05, 0) is 57.8 Å². The molecular formula is C40H72NO8P. The van der Waals surface area contributed by atoms with Crippen LogP contribution in [0.4, 0.5) is 0 Å². The number of unbranched alkanes of at least 4 members (excludes halogenated alkanes) is 12. The molecule has 10 heteroatoms. The number of allylic oxidation sites excluding steroid dienone is 8. The van der Waals surface area contributed by atoms with Gasteiger partial charge in [0, 0.05) is 12.8 Å². The Bertz CT molecular complexity index is 1000. The van der Waals surface area contributed by atoms with Crippen LogP contribution in [0.25, 0.3) is 0 Å². The zero-order valence-corrected chi connectivity index (χ0v) is 33.2. The fraction of sp³-hybridized carbons (Fsp3) is 0.750. The summed E-state index contributed by atoms with van der Waals surface area (Å²) in [5.74, 6) is -0.882. The van der Waals surface area contributed by atoms with E-state index < -0.39 is 32.5 Å². The van der Waals surface area contributed by atoms with E-state index in [2.05, 4.69) is 62.5 Å². The highest BCUT2D eigenvalue weighted by Gasteiger charge is 2.21. The van der Waals surface area contributed by atoms with E-state index in [0.717, 1.165) is 57.8 Å². The van der Waals surface area contributed by atoms with E-state index in [1.807, 2.05) is 21.1 Å². The Hall–Kier alpha value is -2.03. The average Bonchev–Trinajstić information content (AvgIpc) is 3.06. The zero-order chi connectivity index (χ0) is 37.2. The molecule has 0 rings (SSSR count). The first-order valence-electron chi connectivity index (χ1n) is 19.3. The van der Waals surface area contributed by atoms with E-state index in [9.17, 15) is 19.0 Å². The van der Waals surface area contributed by atoms with Gasteiger partial charge in [0.1, 0.15) is 19.8 Å². The number of hydrogen-bond acceptors (Lipinski definition) is 8. The molecule has 0 amide bonds. The first-order chi connectivity index (χ1) is 24.0. The maximum absolute atomic E-state index is 12.5. The lowest BCUT2D eigenvalue weighted by Gasteiger charge is -2.28. The van der Waals surface area contributed by atoms with Crippen molar-refractivity contribution in [2.75, 3.05) is 47.5 Å². The molecule has 0 aliphatic rings. The normalized spacial score (nSPS) is 14.3. The lowest BCUT2D eigenvalue weighted by atomic mass is 10.1. The molecule has 0 N–H and O–H groups in total. The quantitative estimate of drug-likeness (QED) is 0.0212. The van der Waals surface area contributed by atoms with E-state index in [4.69, 9.17) is 18.5 Å². The second-order valence-electron chi connectivity index (χ2n) is 13.9. The van der Waals surface area contributed by atoms with Gasteiger partial charge in [-0.2, -0.15) is 0 Å². The molecule has 0 aromatic heterocycles. The van der Waals surface area contributed by atoms with Crippen molar-refractivity contribution < 1.29 is 42.1 Å². The molecule has 0 aliphatic heterocycles. The predicted octanol–water partition coefficient (Wildman–Crippen LogP) is 9.72. The number of esters is 2. The number of phosphoric acid groups is 1. The lowest BCUT2D eigenvalue weighted by Crippen LogP contribution is -2.37. The second kappa shape index (κ2) is 32.8. The Morgan fingerprint density at radius 2 is 1.08 bits per heavy atom. The fourth-order valence-corrected chi connectivity index (χ4v) is 5.48. The van der Waals surface area contributed by atoms with Crippen LogP contribution in [0, 0.1) is 0 Å². The van der Waals surface area contributed by atoms with Gasteiger partial charge in [-0.1, -0.05) is 120 Å². The third-order valence-corrected chi connectivity index (χ3v) is 8.82. The Morgan fingerprint density at radius 3 is 1.64 bits per heavy atom. The number of ether oxygens (including phenoxy) is 2. The van der Waals surface area contributed by atoms with Crippen LogP contribution in [0.2, 0.25) is 0 Å². The molecule has 0 heterocycles. The van der Waals surface area contributed by atoms with Crippen LogP contribution in [-0.2, 0) is 32.7 Å². The SMILES string of the molecule is CCCCC/C=C/C/C=C/C/C=C/C/C=C/CCCCCC(=O)OC[C@@H](COP(=O)([O-])OCC[N+](C)(C)C)OC(=O)CCCCCCCCC. The summed E-state index contributed by atoms with van der Waals surface area (Å²) in [6.45, 7) is 4.08. The largest absolute Gasteiger partial charge is 0.756 e. The van der Waals surface area contributed by atoms with Crippen molar-refractivity contribution in [3.63, 3.8) is 0 Å². The first-order valence-corrected chi connectivity index (χ1v) is 20.8. The molecule has 0 aliphatic carbocycles. The van der Waals surface area contributed by atoms with Gasteiger partial charge in [0.25, 0.3) is 7.82 Å². The lowest BCUT2D eigenvalue weighted by molar-refractivity contribution is -0.870. The van der Waals surface area contributed by atoms with Gasteiger partial charge in [0.2, 0.25) is 0 Å². The summed E-state index contributed by atoms with van der Waals surface area (Å²) in [4.78, 5) is 37.2. The Morgan fingerprint density at radius 1 is 0.620 bits per heavy atom. The highest BCUT2D eigenvalue weighted by Crippen LogP contribution is 2.38. The molecule has 0 saturated heterocycles. The van der Waals surface area contributed by atoms with Crippen molar-refractivity contribution in [3.05, 3.63) is 48.6 Å². The van der Waals surface area contributed by atoms with Gasteiger partial charge >= 0.3 is 11.9 Å². The molecule has 9 nitrogen and oxygen atoms in total. The molecule has 2 atom stereocenters. The topological polar surface area (TPSA) is 111 Å². The molecule has 0 spiro atoms. The summed E-state index contributed by atoms with van der Waals surface area (Å²) >= 11 is 0. The van der Waals surface area contributed by atoms with Crippen LogP contribution in [0.5, 0.6) is 0 Å².